The fourth-order valence-electron chi connectivity index (χ4n) is 1.34. The maximum absolute atomic E-state index is 11.5. The Labute approximate surface area is 116 Å². The van der Waals surface area contributed by atoms with Gasteiger partial charge in [0.15, 0.2) is 9.84 Å². The van der Waals surface area contributed by atoms with Gasteiger partial charge in [0, 0.05) is 12.8 Å². The van der Waals surface area contributed by atoms with E-state index in [4.69, 9.17) is 0 Å². The van der Waals surface area contributed by atoms with E-state index in [1.165, 1.54) is 6.26 Å². The van der Waals surface area contributed by atoms with Crippen LogP contribution in [0.25, 0.3) is 0 Å². The lowest BCUT2D eigenvalue weighted by Gasteiger charge is -2.09. The molecule has 0 aromatic heterocycles. The van der Waals surface area contributed by atoms with Gasteiger partial charge in [-0.1, -0.05) is 35.0 Å². The van der Waals surface area contributed by atoms with Crippen molar-refractivity contribution >= 4 is 31.7 Å². The predicted octanol–water partition coefficient (Wildman–Crippen LogP) is 1.88. The van der Waals surface area contributed by atoms with E-state index >= 15 is 0 Å². The number of hydrogen-bond acceptors (Lipinski definition) is 3. The minimum atomic E-state index is -3.16. The number of benzene rings is 1. The van der Waals surface area contributed by atoms with Gasteiger partial charge in [-0.25, -0.2) is 8.42 Å². The molecule has 6 heteroatoms. The molecule has 1 rings (SSSR count). The second-order valence-electron chi connectivity index (χ2n) is 4.01. The summed E-state index contributed by atoms with van der Waals surface area (Å²) >= 11 is 3.26. The minimum absolute atomic E-state index is 0.0651. The van der Waals surface area contributed by atoms with E-state index in [-0.39, 0.29) is 15.6 Å². The molecule has 0 saturated heterocycles. The normalized spacial score (nSPS) is 13.1. The van der Waals surface area contributed by atoms with Gasteiger partial charge < -0.3 is 5.32 Å². The Balaban J connectivity index is 2.63. The van der Waals surface area contributed by atoms with Crippen LogP contribution in [0.15, 0.2) is 29.2 Å². The number of halogens is 1. The average molecular weight is 334 g/mol. The van der Waals surface area contributed by atoms with Crippen LogP contribution in [0.3, 0.4) is 0 Å². The standard InChI is InChI=1S/C12H16BrNO3S/c1-3-11(13)12(15)14-8-9-4-6-10(7-5-9)18(2,16)17/h4-7,11H,3,8H2,1-2H3,(H,14,15). The van der Waals surface area contributed by atoms with E-state index in [0.717, 1.165) is 12.0 Å². The first-order valence-corrected chi connectivity index (χ1v) is 8.36. The van der Waals surface area contributed by atoms with Gasteiger partial charge in [0.1, 0.15) is 0 Å². The molecular weight excluding hydrogens is 318 g/mol. The lowest BCUT2D eigenvalue weighted by molar-refractivity contribution is -0.120. The number of rotatable bonds is 5. The van der Waals surface area contributed by atoms with Gasteiger partial charge in [0.05, 0.1) is 9.72 Å². The summed E-state index contributed by atoms with van der Waals surface area (Å²) in [5.74, 6) is -0.0651. The molecule has 0 radical (unpaired) electrons. The Kier molecular flexibility index (Phi) is 5.34. The first kappa shape index (κ1) is 15.2. The van der Waals surface area contributed by atoms with Crippen LogP contribution in [0, 0.1) is 0 Å². The summed E-state index contributed by atoms with van der Waals surface area (Å²) in [5, 5.41) is 2.77. The van der Waals surface area contributed by atoms with Crippen molar-refractivity contribution in [2.24, 2.45) is 0 Å². The fraction of sp³-hybridized carbons (Fsp3) is 0.417. The van der Waals surface area contributed by atoms with Crippen LogP contribution in [-0.2, 0) is 21.2 Å². The zero-order valence-corrected chi connectivity index (χ0v) is 12.7. The summed E-state index contributed by atoms with van der Waals surface area (Å²) in [4.78, 5) is 11.6. The Hall–Kier alpha value is -0.880. The monoisotopic (exact) mass is 333 g/mol. The lowest BCUT2D eigenvalue weighted by Crippen LogP contribution is -2.30. The molecule has 0 aliphatic rings. The SMILES string of the molecule is CCC(Br)C(=O)NCc1ccc(S(C)(=O)=O)cc1. The Morgan fingerprint density at radius 3 is 2.33 bits per heavy atom. The third-order valence-electron chi connectivity index (χ3n) is 2.46. The zero-order chi connectivity index (χ0) is 13.8. The van der Waals surface area contributed by atoms with Crippen LogP contribution in [0.2, 0.25) is 0 Å². The van der Waals surface area contributed by atoms with E-state index in [9.17, 15) is 13.2 Å². The molecule has 0 bridgehead atoms. The van der Waals surface area contributed by atoms with Crippen LogP contribution in [0.1, 0.15) is 18.9 Å². The number of sulfone groups is 1. The average Bonchev–Trinajstić information content (AvgIpc) is 2.34. The van der Waals surface area contributed by atoms with Gasteiger partial charge in [-0.3, -0.25) is 4.79 Å². The summed E-state index contributed by atoms with van der Waals surface area (Å²) in [7, 11) is -3.16. The second kappa shape index (κ2) is 6.33. The molecule has 1 unspecified atom stereocenters. The van der Waals surface area contributed by atoms with Crippen molar-refractivity contribution in [1.29, 1.82) is 0 Å². The second-order valence-corrected chi connectivity index (χ2v) is 7.13. The van der Waals surface area contributed by atoms with Crippen LogP contribution < -0.4 is 5.32 Å². The number of hydrogen-bond donors (Lipinski definition) is 1. The maximum Gasteiger partial charge on any atom is 0.234 e. The molecule has 0 spiro atoms. The van der Waals surface area contributed by atoms with Crippen LogP contribution in [-0.4, -0.2) is 25.4 Å². The molecule has 0 heterocycles. The third-order valence-corrected chi connectivity index (χ3v) is 4.65. The molecule has 18 heavy (non-hydrogen) atoms. The van der Waals surface area contributed by atoms with Gasteiger partial charge in [-0.15, -0.1) is 0 Å². The highest BCUT2D eigenvalue weighted by Crippen LogP contribution is 2.10. The molecular formula is C12H16BrNO3S. The molecule has 0 aliphatic carbocycles. The van der Waals surface area contributed by atoms with E-state index in [2.05, 4.69) is 21.2 Å². The molecule has 1 aromatic rings. The first-order valence-electron chi connectivity index (χ1n) is 5.55. The Bertz CT molecular complexity index is 511. The van der Waals surface area contributed by atoms with E-state index < -0.39 is 9.84 Å². The molecule has 4 nitrogen and oxygen atoms in total. The summed E-state index contributed by atoms with van der Waals surface area (Å²) in [6, 6.07) is 6.49. The summed E-state index contributed by atoms with van der Waals surface area (Å²) in [6.45, 7) is 2.31. The molecule has 1 N–H and O–H groups in total. The molecule has 1 aromatic carbocycles. The van der Waals surface area contributed by atoms with Gasteiger partial charge in [0.25, 0.3) is 0 Å². The Morgan fingerprint density at radius 2 is 1.89 bits per heavy atom. The van der Waals surface area contributed by atoms with Crippen LogP contribution in [0.5, 0.6) is 0 Å². The number of amides is 1. The Morgan fingerprint density at radius 1 is 1.33 bits per heavy atom. The number of carbonyl (C=O) groups is 1. The van der Waals surface area contributed by atoms with Crippen molar-refractivity contribution in [2.75, 3.05) is 6.26 Å². The van der Waals surface area contributed by atoms with Crippen LogP contribution in [0.4, 0.5) is 0 Å². The predicted molar refractivity (Wildman–Crippen MR) is 74.4 cm³/mol. The van der Waals surface area contributed by atoms with Crippen molar-refractivity contribution in [2.45, 2.75) is 29.6 Å². The molecule has 1 amide bonds. The van der Waals surface area contributed by atoms with Crippen LogP contribution >= 0.6 is 15.9 Å². The van der Waals surface area contributed by atoms with Crippen molar-refractivity contribution in [3.8, 4) is 0 Å². The summed E-state index contributed by atoms with van der Waals surface area (Å²) in [5.41, 5.74) is 0.867. The van der Waals surface area contributed by atoms with Crippen molar-refractivity contribution in [3.63, 3.8) is 0 Å². The smallest absolute Gasteiger partial charge is 0.234 e. The van der Waals surface area contributed by atoms with Gasteiger partial charge in [-0.05, 0) is 24.1 Å². The lowest BCUT2D eigenvalue weighted by atomic mass is 10.2. The topological polar surface area (TPSA) is 63.2 Å². The molecule has 100 valence electrons. The third kappa shape index (κ3) is 4.42. The minimum Gasteiger partial charge on any atom is -0.351 e. The van der Waals surface area contributed by atoms with E-state index in [0.29, 0.717) is 6.54 Å². The zero-order valence-electron chi connectivity index (χ0n) is 10.3. The number of nitrogens with one attached hydrogen (secondary N) is 1. The van der Waals surface area contributed by atoms with E-state index in [1.807, 2.05) is 6.92 Å². The van der Waals surface area contributed by atoms with E-state index in [1.54, 1.807) is 24.3 Å². The number of carbonyl (C=O) groups excluding carboxylic acids is 1. The summed E-state index contributed by atoms with van der Waals surface area (Å²) < 4.78 is 22.5. The van der Waals surface area contributed by atoms with Gasteiger partial charge >= 0.3 is 0 Å². The maximum atomic E-state index is 11.5. The van der Waals surface area contributed by atoms with Gasteiger partial charge in [0.2, 0.25) is 5.91 Å². The van der Waals surface area contributed by atoms with Crippen molar-refractivity contribution < 1.29 is 13.2 Å². The fourth-order valence-corrected chi connectivity index (χ4v) is 2.13. The highest BCUT2D eigenvalue weighted by molar-refractivity contribution is 9.10. The molecule has 0 saturated carbocycles. The summed E-state index contributed by atoms with van der Waals surface area (Å²) in [6.07, 6.45) is 1.89. The molecule has 0 fully saturated rings. The van der Waals surface area contributed by atoms with Gasteiger partial charge in [-0.2, -0.15) is 0 Å². The highest BCUT2D eigenvalue weighted by atomic mass is 79.9. The largest absolute Gasteiger partial charge is 0.351 e. The molecule has 0 aliphatic heterocycles. The van der Waals surface area contributed by atoms with Crippen molar-refractivity contribution in [1.82, 2.24) is 5.32 Å². The molecule has 1 atom stereocenters. The first-order chi connectivity index (χ1) is 8.34. The number of alkyl halides is 1. The highest BCUT2D eigenvalue weighted by Gasteiger charge is 2.11. The van der Waals surface area contributed by atoms with Crippen molar-refractivity contribution in [3.05, 3.63) is 29.8 Å². The quantitative estimate of drug-likeness (QED) is 0.837.